The number of aromatic nitrogens is 2. The van der Waals surface area contributed by atoms with E-state index in [2.05, 4.69) is 20.2 Å². The van der Waals surface area contributed by atoms with Gasteiger partial charge in [0.1, 0.15) is 5.82 Å². The Morgan fingerprint density at radius 3 is 2.64 bits per heavy atom. The van der Waals surface area contributed by atoms with Crippen LogP contribution in [0.3, 0.4) is 0 Å². The number of rotatable bonds is 4. The van der Waals surface area contributed by atoms with E-state index in [1.54, 1.807) is 6.20 Å². The molecular formula is C15H21N5O2. The molecule has 1 N–H and O–H groups in total. The summed E-state index contributed by atoms with van der Waals surface area (Å²) in [5, 5.41) is 3.34. The Balaban J connectivity index is 1.36. The van der Waals surface area contributed by atoms with Crippen LogP contribution in [0.1, 0.15) is 12.8 Å². The monoisotopic (exact) mass is 303 g/mol. The molecule has 2 saturated heterocycles. The van der Waals surface area contributed by atoms with Gasteiger partial charge in [-0.25, -0.2) is 4.98 Å². The first-order valence-corrected chi connectivity index (χ1v) is 8.00. The van der Waals surface area contributed by atoms with Crippen molar-refractivity contribution in [2.24, 2.45) is 5.92 Å². The molecule has 3 heterocycles. The fourth-order valence-corrected chi connectivity index (χ4v) is 2.82. The van der Waals surface area contributed by atoms with Gasteiger partial charge in [0.25, 0.3) is 0 Å². The van der Waals surface area contributed by atoms with Gasteiger partial charge in [-0.05, 0) is 18.9 Å². The fraction of sp³-hybridized carbons (Fsp3) is 0.667. The first kappa shape index (κ1) is 13.8. The highest BCUT2D eigenvalue weighted by molar-refractivity contribution is 5.81. The number of anilines is 2. The van der Waals surface area contributed by atoms with Crippen LogP contribution in [0.2, 0.25) is 0 Å². The minimum Gasteiger partial charge on any atom is -0.377 e. The third-order valence-electron chi connectivity index (χ3n) is 4.43. The number of hydrogen-bond donors (Lipinski definition) is 1. The van der Waals surface area contributed by atoms with Gasteiger partial charge in [0.2, 0.25) is 11.9 Å². The Hall–Kier alpha value is -1.89. The van der Waals surface area contributed by atoms with Crippen LogP contribution < -0.4 is 10.2 Å². The van der Waals surface area contributed by atoms with Gasteiger partial charge >= 0.3 is 0 Å². The average molecular weight is 303 g/mol. The molecule has 0 aromatic carbocycles. The van der Waals surface area contributed by atoms with Crippen molar-refractivity contribution in [3.8, 4) is 0 Å². The maximum Gasteiger partial charge on any atom is 0.227 e. The molecule has 7 nitrogen and oxygen atoms in total. The number of piperazine rings is 1. The van der Waals surface area contributed by atoms with Gasteiger partial charge in [0.15, 0.2) is 0 Å². The molecular weight excluding hydrogens is 282 g/mol. The van der Waals surface area contributed by atoms with Gasteiger partial charge in [-0.15, -0.1) is 0 Å². The van der Waals surface area contributed by atoms with Crippen LogP contribution in [-0.4, -0.2) is 66.2 Å². The van der Waals surface area contributed by atoms with Crippen molar-refractivity contribution < 1.29 is 9.53 Å². The molecule has 7 heteroatoms. The maximum absolute atomic E-state index is 12.1. The Labute approximate surface area is 129 Å². The zero-order valence-corrected chi connectivity index (χ0v) is 12.6. The van der Waals surface area contributed by atoms with Gasteiger partial charge in [-0.2, -0.15) is 4.98 Å². The first-order chi connectivity index (χ1) is 10.8. The molecule has 118 valence electrons. The quantitative estimate of drug-likeness (QED) is 0.865. The van der Waals surface area contributed by atoms with Crippen molar-refractivity contribution in [2.45, 2.75) is 18.9 Å². The van der Waals surface area contributed by atoms with E-state index < -0.39 is 0 Å². The van der Waals surface area contributed by atoms with E-state index in [0.717, 1.165) is 64.0 Å². The molecule has 0 spiro atoms. The van der Waals surface area contributed by atoms with E-state index in [-0.39, 0.29) is 0 Å². The van der Waals surface area contributed by atoms with Crippen LogP contribution in [0.15, 0.2) is 12.3 Å². The number of nitrogens with one attached hydrogen (secondary N) is 1. The number of carbonyl (C=O) groups excluding carboxylic acids is 1. The van der Waals surface area contributed by atoms with Crippen LogP contribution in [0.25, 0.3) is 0 Å². The number of carbonyl (C=O) groups is 1. The second-order valence-corrected chi connectivity index (χ2v) is 6.21. The van der Waals surface area contributed by atoms with Crippen molar-refractivity contribution in [3.05, 3.63) is 12.3 Å². The summed E-state index contributed by atoms with van der Waals surface area (Å²) in [5.41, 5.74) is 0. The molecule has 1 amide bonds. The normalized spacial score (nSPS) is 22.4. The molecule has 0 radical (unpaired) electrons. The van der Waals surface area contributed by atoms with Crippen molar-refractivity contribution in [1.82, 2.24) is 14.9 Å². The van der Waals surface area contributed by atoms with Crippen LogP contribution in [0, 0.1) is 5.92 Å². The standard InChI is InChI=1S/C15H21N5O2/c21-14(11-1-2-11)19-5-7-20(8-6-19)15-16-4-3-13(18-15)17-12-9-22-10-12/h3-4,11-12H,1-2,5-10H2,(H,16,17,18). The molecule has 3 fully saturated rings. The number of ether oxygens (including phenoxy) is 1. The lowest BCUT2D eigenvalue weighted by Gasteiger charge is -2.35. The Morgan fingerprint density at radius 2 is 2.00 bits per heavy atom. The van der Waals surface area contributed by atoms with E-state index in [0.29, 0.717) is 17.9 Å². The van der Waals surface area contributed by atoms with E-state index >= 15 is 0 Å². The van der Waals surface area contributed by atoms with E-state index in [1.807, 2.05) is 11.0 Å². The van der Waals surface area contributed by atoms with Crippen molar-refractivity contribution in [3.63, 3.8) is 0 Å². The second-order valence-electron chi connectivity index (χ2n) is 6.21. The summed E-state index contributed by atoms with van der Waals surface area (Å²) in [7, 11) is 0. The van der Waals surface area contributed by atoms with E-state index in [4.69, 9.17) is 4.74 Å². The molecule has 0 unspecified atom stereocenters. The average Bonchev–Trinajstić information content (AvgIpc) is 3.36. The summed E-state index contributed by atoms with van der Waals surface area (Å²) in [5.74, 6) is 2.22. The van der Waals surface area contributed by atoms with Crippen LogP contribution in [0.5, 0.6) is 0 Å². The summed E-state index contributed by atoms with van der Waals surface area (Å²) < 4.78 is 5.16. The van der Waals surface area contributed by atoms with E-state index in [9.17, 15) is 4.79 Å². The van der Waals surface area contributed by atoms with Gasteiger partial charge in [-0.1, -0.05) is 0 Å². The summed E-state index contributed by atoms with van der Waals surface area (Å²) >= 11 is 0. The molecule has 0 atom stereocenters. The lowest BCUT2D eigenvalue weighted by molar-refractivity contribution is -0.132. The third kappa shape index (κ3) is 2.85. The second kappa shape index (κ2) is 5.72. The summed E-state index contributed by atoms with van der Waals surface area (Å²) in [6, 6.07) is 2.24. The van der Waals surface area contributed by atoms with Gasteiger partial charge in [-0.3, -0.25) is 4.79 Å². The fourth-order valence-electron chi connectivity index (χ4n) is 2.82. The Morgan fingerprint density at radius 1 is 1.23 bits per heavy atom. The first-order valence-electron chi connectivity index (χ1n) is 8.00. The minimum absolute atomic E-state index is 0.306. The van der Waals surface area contributed by atoms with Crippen LogP contribution in [-0.2, 0) is 9.53 Å². The zero-order valence-electron chi connectivity index (χ0n) is 12.6. The SMILES string of the molecule is O=C(C1CC1)N1CCN(c2nccc(NC3COC3)n2)CC1. The van der Waals surface area contributed by atoms with Crippen molar-refractivity contribution >= 4 is 17.7 Å². The predicted molar refractivity (Wildman–Crippen MR) is 81.8 cm³/mol. The number of nitrogens with zero attached hydrogens (tertiary/aromatic N) is 4. The lowest BCUT2D eigenvalue weighted by atomic mass is 10.2. The molecule has 3 aliphatic rings. The predicted octanol–water partition coefficient (Wildman–Crippen LogP) is 0.346. The summed E-state index contributed by atoms with van der Waals surface area (Å²) in [4.78, 5) is 25.2. The lowest BCUT2D eigenvalue weighted by Crippen LogP contribution is -2.49. The Bertz CT molecular complexity index is 551. The molecule has 22 heavy (non-hydrogen) atoms. The highest BCUT2D eigenvalue weighted by Gasteiger charge is 2.34. The largest absolute Gasteiger partial charge is 0.377 e. The van der Waals surface area contributed by atoms with Crippen LogP contribution in [0.4, 0.5) is 11.8 Å². The van der Waals surface area contributed by atoms with Gasteiger partial charge in [0, 0.05) is 38.3 Å². The minimum atomic E-state index is 0.306. The Kier molecular flexibility index (Phi) is 3.57. The van der Waals surface area contributed by atoms with Gasteiger partial charge < -0.3 is 19.9 Å². The molecule has 0 bridgehead atoms. The number of amides is 1. The highest BCUT2D eigenvalue weighted by Crippen LogP contribution is 2.31. The zero-order chi connectivity index (χ0) is 14.9. The topological polar surface area (TPSA) is 70.6 Å². The molecule has 1 aromatic rings. The van der Waals surface area contributed by atoms with Crippen molar-refractivity contribution in [2.75, 3.05) is 49.6 Å². The highest BCUT2D eigenvalue weighted by atomic mass is 16.5. The summed E-state index contributed by atoms with van der Waals surface area (Å²) in [6.07, 6.45) is 3.92. The molecule has 2 aliphatic heterocycles. The van der Waals surface area contributed by atoms with E-state index in [1.165, 1.54) is 0 Å². The van der Waals surface area contributed by atoms with Crippen molar-refractivity contribution in [1.29, 1.82) is 0 Å². The van der Waals surface area contributed by atoms with Gasteiger partial charge in [0.05, 0.1) is 19.3 Å². The summed E-state index contributed by atoms with van der Waals surface area (Å²) in [6.45, 7) is 4.62. The van der Waals surface area contributed by atoms with Crippen LogP contribution >= 0.6 is 0 Å². The third-order valence-corrected chi connectivity index (χ3v) is 4.43. The molecule has 4 rings (SSSR count). The molecule has 1 aromatic heterocycles. The molecule has 1 aliphatic carbocycles. The molecule has 1 saturated carbocycles. The number of hydrogen-bond acceptors (Lipinski definition) is 6. The maximum atomic E-state index is 12.1. The smallest absolute Gasteiger partial charge is 0.227 e.